The molecule has 0 saturated carbocycles. The number of hydrogen-bond acceptors (Lipinski definition) is 5. The van der Waals surface area contributed by atoms with Gasteiger partial charge in [0.1, 0.15) is 5.82 Å². The summed E-state index contributed by atoms with van der Waals surface area (Å²) in [6.45, 7) is 2.89. The molecular formula is C14H20N4OS. The Bertz CT molecular complexity index is 523. The topological polar surface area (TPSA) is 55.9 Å². The zero-order valence-corrected chi connectivity index (χ0v) is 12.4. The Kier molecular flexibility index (Phi) is 4.76. The van der Waals surface area contributed by atoms with Crippen LogP contribution in [0.15, 0.2) is 28.2 Å². The monoisotopic (exact) mass is 292 g/mol. The van der Waals surface area contributed by atoms with Gasteiger partial charge in [0.2, 0.25) is 0 Å². The second-order valence-electron chi connectivity index (χ2n) is 5.02. The lowest BCUT2D eigenvalue weighted by molar-refractivity contribution is 0.561. The van der Waals surface area contributed by atoms with Crippen molar-refractivity contribution in [3.63, 3.8) is 0 Å². The zero-order valence-electron chi connectivity index (χ0n) is 11.5. The van der Waals surface area contributed by atoms with Crippen LogP contribution in [0.4, 0.5) is 0 Å². The molecule has 1 aliphatic rings. The van der Waals surface area contributed by atoms with E-state index in [1.54, 1.807) is 24.3 Å². The van der Waals surface area contributed by atoms with E-state index in [1.165, 1.54) is 24.8 Å². The molecule has 3 rings (SSSR count). The number of thioether (sulfide) groups is 1. The van der Waals surface area contributed by atoms with Gasteiger partial charge in [-0.25, -0.2) is 0 Å². The van der Waals surface area contributed by atoms with Crippen LogP contribution in [0, 0.1) is 0 Å². The molecule has 1 aliphatic heterocycles. The summed E-state index contributed by atoms with van der Waals surface area (Å²) in [6.07, 6.45) is 8.36. The maximum atomic E-state index is 5.04. The van der Waals surface area contributed by atoms with E-state index in [9.17, 15) is 0 Å². The molecule has 0 amide bonds. The highest BCUT2D eigenvalue weighted by Crippen LogP contribution is 2.21. The average Bonchev–Trinajstić information content (AvgIpc) is 3.04. The first kappa shape index (κ1) is 13.7. The second kappa shape index (κ2) is 6.95. The number of fused-ring (bicyclic) bond motifs is 1. The fourth-order valence-electron chi connectivity index (χ4n) is 2.41. The van der Waals surface area contributed by atoms with Crippen molar-refractivity contribution in [1.82, 2.24) is 20.1 Å². The number of nitrogens with zero attached hydrogens (tertiary/aromatic N) is 3. The number of aryl methyl sites for hydroxylation is 1. The minimum atomic E-state index is 0.856. The van der Waals surface area contributed by atoms with E-state index in [4.69, 9.17) is 4.42 Å². The van der Waals surface area contributed by atoms with Crippen LogP contribution in [0.1, 0.15) is 30.7 Å². The molecule has 108 valence electrons. The maximum absolute atomic E-state index is 5.04. The number of nitrogens with one attached hydrogen (secondary N) is 1. The van der Waals surface area contributed by atoms with Gasteiger partial charge in [0.25, 0.3) is 0 Å². The number of aromatic nitrogens is 3. The summed E-state index contributed by atoms with van der Waals surface area (Å²) in [7, 11) is 0. The van der Waals surface area contributed by atoms with Crippen LogP contribution in [0.3, 0.4) is 0 Å². The predicted molar refractivity (Wildman–Crippen MR) is 78.7 cm³/mol. The fraction of sp³-hybridized carbons (Fsp3) is 0.571. The maximum Gasteiger partial charge on any atom is 0.191 e. The van der Waals surface area contributed by atoms with Crippen LogP contribution in [0.5, 0.6) is 0 Å². The van der Waals surface area contributed by atoms with Gasteiger partial charge in [-0.3, -0.25) is 0 Å². The fourth-order valence-corrected chi connectivity index (χ4v) is 3.29. The standard InChI is InChI=1S/C14H20N4OS/c1-2-4-13-16-17-14(18(13)7-3-1)20-9-6-15-10-12-5-8-19-11-12/h5,8,11,15H,1-4,6-7,9-10H2. The third-order valence-corrected chi connectivity index (χ3v) is 4.46. The minimum Gasteiger partial charge on any atom is -0.472 e. The average molecular weight is 292 g/mol. The Morgan fingerprint density at radius 2 is 2.30 bits per heavy atom. The molecule has 0 bridgehead atoms. The first-order valence-electron chi connectivity index (χ1n) is 7.20. The molecular weight excluding hydrogens is 272 g/mol. The quantitative estimate of drug-likeness (QED) is 0.655. The normalized spacial score (nSPS) is 15.0. The molecule has 0 aromatic carbocycles. The summed E-state index contributed by atoms with van der Waals surface area (Å²) in [6, 6.07) is 1.98. The highest BCUT2D eigenvalue weighted by molar-refractivity contribution is 7.99. The Hall–Kier alpha value is -1.27. The van der Waals surface area contributed by atoms with Crippen molar-refractivity contribution in [3.8, 4) is 0 Å². The first-order chi connectivity index (χ1) is 9.93. The van der Waals surface area contributed by atoms with Crippen LogP contribution < -0.4 is 5.32 Å². The van der Waals surface area contributed by atoms with Crippen molar-refractivity contribution >= 4 is 11.8 Å². The molecule has 0 spiro atoms. The Morgan fingerprint density at radius 3 is 3.20 bits per heavy atom. The second-order valence-corrected chi connectivity index (χ2v) is 6.08. The molecule has 20 heavy (non-hydrogen) atoms. The van der Waals surface area contributed by atoms with E-state index in [1.807, 2.05) is 6.07 Å². The van der Waals surface area contributed by atoms with Crippen LogP contribution in [0.2, 0.25) is 0 Å². The molecule has 0 unspecified atom stereocenters. The summed E-state index contributed by atoms with van der Waals surface area (Å²) in [4.78, 5) is 0. The minimum absolute atomic E-state index is 0.856. The van der Waals surface area contributed by atoms with Crippen molar-refractivity contribution in [3.05, 3.63) is 30.0 Å². The van der Waals surface area contributed by atoms with Gasteiger partial charge < -0.3 is 14.3 Å². The van der Waals surface area contributed by atoms with Gasteiger partial charge >= 0.3 is 0 Å². The molecule has 0 atom stereocenters. The van der Waals surface area contributed by atoms with E-state index >= 15 is 0 Å². The molecule has 0 radical (unpaired) electrons. The van der Waals surface area contributed by atoms with Crippen LogP contribution >= 0.6 is 11.8 Å². The number of hydrogen-bond donors (Lipinski definition) is 1. The first-order valence-corrected chi connectivity index (χ1v) is 8.19. The Labute approximate surface area is 123 Å². The van der Waals surface area contributed by atoms with E-state index < -0.39 is 0 Å². The third-order valence-electron chi connectivity index (χ3n) is 3.49. The van der Waals surface area contributed by atoms with Crippen molar-refractivity contribution in [2.75, 3.05) is 12.3 Å². The van der Waals surface area contributed by atoms with Crippen molar-refractivity contribution in [1.29, 1.82) is 0 Å². The summed E-state index contributed by atoms with van der Waals surface area (Å²) < 4.78 is 7.34. The van der Waals surface area contributed by atoms with Crippen molar-refractivity contribution in [2.45, 2.75) is 43.9 Å². The zero-order chi connectivity index (χ0) is 13.6. The number of furan rings is 1. The molecule has 6 heteroatoms. The molecule has 3 heterocycles. The van der Waals surface area contributed by atoms with Gasteiger partial charge in [0.15, 0.2) is 5.16 Å². The van der Waals surface area contributed by atoms with Gasteiger partial charge in [0.05, 0.1) is 12.5 Å². The molecule has 0 fully saturated rings. The molecule has 2 aromatic rings. The summed E-state index contributed by atoms with van der Waals surface area (Å²) in [5.74, 6) is 2.17. The molecule has 2 aromatic heterocycles. The van der Waals surface area contributed by atoms with Crippen molar-refractivity contribution in [2.24, 2.45) is 0 Å². The predicted octanol–water partition coefficient (Wildman–Crippen LogP) is 2.48. The Balaban J connectivity index is 1.43. The molecule has 1 N–H and O–H groups in total. The van der Waals surface area contributed by atoms with E-state index in [2.05, 4.69) is 20.1 Å². The summed E-state index contributed by atoms with van der Waals surface area (Å²) in [5.41, 5.74) is 1.19. The van der Waals surface area contributed by atoms with Crippen LogP contribution in [-0.2, 0) is 19.5 Å². The highest BCUT2D eigenvalue weighted by Gasteiger charge is 2.14. The molecule has 5 nitrogen and oxygen atoms in total. The van der Waals surface area contributed by atoms with E-state index in [-0.39, 0.29) is 0 Å². The third kappa shape index (κ3) is 3.43. The van der Waals surface area contributed by atoms with Crippen LogP contribution in [-0.4, -0.2) is 27.1 Å². The van der Waals surface area contributed by atoms with Crippen molar-refractivity contribution < 1.29 is 4.42 Å². The summed E-state index contributed by atoms with van der Waals surface area (Å²) in [5, 5.41) is 13.1. The summed E-state index contributed by atoms with van der Waals surface area (Å²) >= 11 is 1.79. The van der Waals surface area contributed by atoms with Gasteiger partial charge in [0, 0.05) is 37.4 Å². The molecule has 0 saturated heterocycles. The smallest absolute Gasteiger partial charge is 0.191 e. The number of rotatable bonds is 6. The lowest BCUT2D eigenvalue weighted by Crippen LogP contribution is -2.16. The van der Waals surface area contributed by atoms with Gasteiger partial charge in [-0.2, -0.15) is 0 Å². The Morgan fingerprint density at radius 1 is 1.30 bits per heavy atom. The van der Waals surface area contributed by atoms with Crippen LogP contribution in [0.25, 0.3) is 0 Å². The van der Waals surface area contributed by atoms with E-state index in [0.29, 0.717) is 0 Å². The largest absolute Gasteiger partial charge is 0.472 e. The SMILES string of the molecule is c1cc(CNCCSc2nnc3n2CCCCC3)co1. The van der Waals surface area contributed by atoms with Gasteiger partial charge in [-0.1, -0.05) is 18.2 Å². The van der Waals surface area contributed by atoms with Gasteiger partial charge in [-0.05, 0) is 18.9 Å². The lowest BCUT2D eigenvalue weighted by Gasteiger charge is -2.06. The lowest BCUT2D eigenvalue weighted by atomic mass is 10.2. The molecule has 0 aliphatic carbocycles. The highest BCUT2D eigenvalue weighted by atomic mass is 32.2. The van der Waals surface area contributed by atoms with E-state index in [0.717, 1.165) is 42.8 Å². The van der Waals surface area contributed by atoms with Gasteiger partial charge in [-0.15, -0.1) is 10.2 Å².